The van der Waals surface area contributed by atoms with Gasteiger partial charge in [0.1, 0.15) is 5.01 Å². The van der Waals surface area contributed by atoms with Gasteiger partial charge in [0, 0.05) is 26.0 Å². The summed E-state index contributed by atoms with van der Waals surface area (Å²) in [5.41, 5.74) is 0. The monoisotopic (exact) mass is 384 g/mol. The number of benzene rings is 1. The van der Waals surface area contributed by atoms with Crippen LogP contribution in [0.5, 0.6) is 0 Å². The summed E-state index contributed by atoms with van der Waals surface area (Å²) in [6.07, 6.45) is 0.637. The number of carbonyl (C=O) groups is 1. The lowest BCUT2D eigenvalue weighted by molar-refractivity contribution is -0.116. The summed E-state index contributed by atoms with van der Waals surface area (Å²) in [4.78, 5) is 12.0. The molecule has 0 radical (unpaired) electrons. The topological polar surface area (TPSA) is 110 Å². The minimum absolute atomic E-state index is 0.0000767. The number of sulfonamides is 1. The van der Waals surface area contributed by atoms with Gasteiger partial charge < -0.3 is 10.1 Å². The van der Waals surface area contributed by atoms with Gasteiger partial charge in [-0.3, -0.25) is 4.79 Å². The van der Waals surface area contributed by atoms with E-state index in [4.69, 9.17) is 4.74 Å². The molecule has 1 heterocycles. The molecule has 10 heteroatoms. The van der Waals surface area contributed by atoms with E-state index in [-0.39, 0.29) is 23.8 Å². The van der Waals surface area contributed by atoms with Gasteiger partial charge in [0.25, 0.3) is 0 Å². The van der Waals surface area contributed by atoms with Crippen molar-refractivity contribution >= 4 is 32.4 Å². The molecule has 0 aliphatic heterocycles. The van der Waals surface area contributed by atoms with Crippen molar-refractivity contribution in [2.24, 2.45) is 0 Å². The fourth-order valence-electron chi connectivity index (χ4n) is 1.87. The highest BCUT2D eigenvalue weighted by Crippen LogP contribution is 2.15. The molecule has 0 unspecified atom stereocenters. The van der Waals surface area contributed by atoms with Gasteiger partial charge in [-0.05, 0) is 19.1 Å². The smallest absolute Gasteiger partial charge is 0.240 e. The molecule has 0 fully saturated rings. The molecule has 1 amide bonds. The van der Waals surface area contributed by atoms with Crippen LogP contribution in [-0.4, -0.2) is 44.3 Å². The van der Waals surface area contributed by atoms with E-state index in [0.717, 1.165) is 5.01 Å². The summed E-state index contributed by atoms with van der Waals surface area (Å²) in [5, 5.41) is 11.6. The summed E-state index contributed by atoms with van der Waals surface area (Å²) >= 11 is 1.27. The SMILES string of the molecule is CCOCCc1nnc(NC(=O)CCNS(=O)(=O)c2ccccc2)s1. The second-order valence-corrected chi connectivity index (χ2v) is 7.79. The first kappa shape index (κ1) is 19.4. The molecule has 0 atom stereocenters. The van der Waals surface area contributed by atoms with Crippen LogP contribution in [0.4, 0.5) is 5.13 Å². The number of ether oxygens (including phenoxy) is 1. The molecule has 0 saturated carbocycles. The molecule has 0 aliphatic rings. The van der Waals surface area contributed by atoms with Crippen LogP contribution in [0.3, 0.4) is 0 Å². The van der Waals surface area contributed by atoms with E-state index in [9.17, 15) is 13.2 Å². The highest BCUT2D eigenvalue weighted by atomic mass is 32.2. The predicted octanol–water partition coefficient (Wildman–Crippen LogP) is 1.42. The molecular formula is C15H20N4O4S2. The van der Waals surface area contributed by atoms with Crippen LogP contribution in [0.1, 0.15) is 18.4 Å². The Hall–Kier alpha value is -1.88. The zero-order chi connectivity index (χ0) is 18.1. The molecular weight excluding hydrogens is 364 g/mol. The summed E-state index contributed by atoms with van der Waals surface area (Å²) in [7, 11) is -3.61. The van der Waals surface area contributed by atoms with Crippen molar-refractivity contribution in [3.63, 3.8) is 0 Å². The fraction of sp³-hybridized carbons (Fsp3) is 0.400. The van der Waals surface area contributed by atoms with E-state index in [0.29, 0.717) is 24.8 Å². The number of aromatic nitrogens is 2. The average Bonchev–Trinajstić information content (AvgIpc) is 3.03. The van der Waals surface area contributed by atoms with Crippen molar-refractivity contribution in [1.29, 1.82) is 0 Å². The highest BCUT2D eigenvalue weighted by Gasteiger charge is 2.14. The number of anilines is 1. The Bertz CT molecular complexity index is 778. The minimum Gasteiger partial charge on any atom is -0.381 e. The van der Waals surface area contributed by atoms with Crippen molar-refractivity contribution in [1.82, 2.24) is 14.9 Å². The van der Waals surface area contributed by atoms with Crippen LogP contribution in [0.2, 0.25) is 0 Å². The maximum atomic E-state index is 12.0. The molecule has 2 rings (SSSR count). The van der Waals surface area contributed by atoms with Crippen molar-refractivity contribution in [2.75, 3.05) is 25.1 Å². The molecule has 1 aromatic carbocycles. The van der Waals surface area contributed by atoms with Crippen molar-refractivity contribution in [3.8, 4) is 0 Å². The zero-order valence-corrected chi connectivity index (χ0v) is 15.4. The van der Waals surface area contributed by atoms with Gasteiger partial charge in [-0.25, -0.2) is 13.1 Å². The number of nitrogens with one attached hydrogen (secondary N) is 2. The maximum Gasteiger partial charge on any atom is 0.240 e. The number of amides is 1. The Kier molecular flexibility index (Phi) is 7.44. The Morgan fingerprint density at radius 1 is 1.24 bits per heavy atom. The van der Waals surface area contributed by atoms with E-state index in [1.54, 1.807) is 18.2 Å². The van der Waals surface area contributed by atoms with E-state index < -0.39 is 10.0 Å². The van der Waals surface area contributed by atoms with Gasteiger partial charge in [-0.1, -0.05) is 29.5 Å². The van der Waals surface area contributed by atoms with E-state index in [1.165, 1.54) is 23.5 Å². The third-order valence-electron chi connectivity index (χ3n) is 3.08. The maximum absolute atomic E-state index is 12.0. The normalized spacial score (nSPS) is 11.4. The van der Waals surface area contributed by atoms with Crippen LogP contribution in [0, 0.1) is 0 Å². The number of nitrogens with zero attached hydrogens (tertiary/aromatic N) is 2. The standard InChI is InChI=1S/C15H20N4O4S2/c1-2-23-11-9-14-18-19-15(24-14)17-13(20)8-10-16-25(21,22)12-6-4-3-5-7-12/h3-7,16H,2,8-11H2,1H3,(H,17,19,20). The predicted molar refractivity (Wildman–Crippen MR) is 95.0 cm³/mol. The van der Waals surface area contributed by atoms with Crippen molar-refractivity contribution < 1.29 is 17.9 Å². The first-order chi connectivity index (χ1) is 12.0. The van der Waals surface area contributed by atoms with Crippen LogP contribution in [-0.2, 0) is 26.0 Å². The summed E-state index contributed by atoms with van der Waals surface area (Å²) in [5.74, 6) is -0.330. The lowest BCUT2D eigenvalue weighted by Crippen LogP contribution is -2.27. The Labute approximate surface area is 150 Å². The van der Waals surface area contributed by atoms with Gasteiger partial charge in [-0.15, -0.1) is 10.2 Å². The Morgan fingerprint density at radius 2 is 2.00 bits per heavy atom. The molecule has 136 valence electrons. The molecule has 25 heavy (non-hydrogen) atoms. The van der Waals surface area contributed by atoms with E-state index in [1.807, 2.05) is 6.92 Å². The fourth-order valence-corrected chi connectivity index (χ4v) is 3.66. The molecule has 0 saturated heterocycles. The second-order valence-electron chi connectivity index (χ2n) is 4.96. The zero-order valence-electron chi connectivity index (χ0n) is 13.8. The van der Waals surface area contributed by atoms with Gasteiger partial charge >= 0.3 is 0 Å². The number of hydrogen-bond donors (Lipinski definition) is 2. The first-order valence-corrected chi connectivity index (χ1v) is 10.1. The highest BCUT2D eigenvalue weighted by molar-refractivity contribution is 7.89. The molecule has 1 aromatic heterocycles. The summed E-state index contributed by atoms with van der Waals surface area (Å²) < 4.78 is 31.7. The van der Waals surface area contributed by atoms with E-state index in [2.05, 4.69) is 20.2 Å². The van der Waals surface area contributed by atoms with Crippen LogP contribution < -0.4 is 10.0 Å². The molecule has 8 nitrogen and oxygen atoms in total. The summed E-state index contributed by atoms with van der Waals surface area (Å²) in [6.45, 7) is 3.11. The quantitative estimate of drug-likeness (QED) is 0.600. The largest absolute Gasteiger partial charge is 0.381 e. The molecule has 2 aromatic rings. The Morgan fingerprint density at radius 3 is 2.72 bits per heavy atom. The van der Waals surface area contributed by atoms with E-state index >= 15 is 0 Å². The number of rotatable bonds is 10. The first-order valence-electron chi connectivity index (χ1n) is 7.76. The minimum atomic E-state index is -3.61. The van der Waals surface area contributed by atoms with Gasteiger partial charge in [0.2, 0.25) is 21.1 Å². The van der Waals surface area contributed by atoms with Crippen molar-refractivity contribution in [3.05, 3.63) is 35.3 Å². The lowest BCUT2D eigenvalue weighted by atomic mass is 10.4. The van der Waals surface area contributed by atoms with Crippen LogP contribution in [0.25, 0.3) is 0 Å². The number of carbonyl (C=O) groups excluding carboxylic acids is 1. The third kappa shape index (κ3) is 6.50. The van der Waals surface area contributed by atoms with Gasteiger partial charge in [0.05, 0.1) is 11.5 Å². The summed E-state index contributed by atoms with van der Waals surface area (Å²) in [6, 6.07) is 8.00. The molecule has 0 bridgehead atoms. The second kappa shape index (κ2) is 9.56. The Balaban J connectivity index is 1.76. The number of hydrogen-bond acceptors (Lipinski definition) is 7. The van der Waals surface area contributed by atoms with Gasteiger partial charge in [0.15, 0.2) is 0 Å². The molecule has 0 aliphatic carbocycles. The van der Waals surface area contributed by atoms with Crippen LogP contribution in [0.15, 0.2) is 35.2 Å². The van der Waals surface area contributed by atoms with Crippen LogP contribution >= 0.6 is 11.3 Å². The van der Waals surface area contributed by atoms with Crippen molar-refractivity contribution in [2.45, 2.75) is 24.7 Å². The molecule has 2 N–H and O–H groups in total. The molecule has 0 spiro atoms. The third-order valence-corrected chi connectivity index (χ3v) is 5.45. The van der Waals surface area contributed by atoms with Gasteiger partial charge in [-0.2, -0.15) is 0 Å². The lowest BCUT2D eigenvalue weighted by Gasteiger charge is -2.06. The average molecular weight is 384 g/mol.